The number of aliphatic hydroxyl groups is 1. The van der Waals surface area contributed by atoms with Crippen molar-refractivity contribution < 1.29 is 5.11 Å². The van der Waals surface area contributed by atoms with Crippen LogP contribution in [0.2, 0.25) is 0 Å². The van der Waals surface area contributed by atoms with E-state index in [1.807, 2.05) is 56.3 Å². The quantitative estimate of drug-likeness (QED) is 0.609. The molecule has 0 aliphatic rings. The maximum absolute atomic E-state index is 9.43. The highest BCUT2D eigenvalue weighted by Gasteiger charge is 2.27. The minimum Gasteiger partial charge on any atom is -0.507 e. The van der Waals surface area contributed by atoms with Crippen LogP contribution in [-0.2, 0) is 5.41 Å². The molecule has 0 heterocycles. The van der Waals surface area contributed by atoms with Crippen LogP contribution in [-0.4, -0.2) is 10.8 Å². The smallest absolute Gasteiger partial charge is 0.130 e. The molecule has 0 radical (unpaired) electrons. The third-order valence-corrected chi connectivity index (χ3v) is 3.63. The lowest BCUT2D eigenvalue weighted by atomic mass is 9.79. The van der Waals surface area contributed by atoms with E-state index in [0.29, 0.717) is 0 Å². The summed E-state index contributed by atoms with van der Waals surface area (Å²) in [6.07, 6.45) is 0. The van der Waals surface area contributed by atoms with Gasteiger partial charge in [0.25, 0.3) is 0 Å². The van der Waals surface area contributed by atoms with Crippen LogP contribution in [0.3, 0.4) is 0 Å². The Kier molecular flexibility index (Phi) is 3.75. The highest BCUT2D eigenvalue weighted by Crippen LogP contribution is 2.29. The van der Waals surface area contributed by atoms with Crippen molar-refractivity contribution >= 4 is 5.71 Å². The summed E-state index contributed by atoms with van der Waals surface area (Å²) in [5, 5.41) is 17.4. The molecular formula is C18H19NO. The van der Waals surface area contributed by atoms with Crippen LogP contribution < -0.4 is 0 Å². The van der Waals surface area contributed by atoms with Crippen LogP contribution in [0.15, 0.2) is 66.9 Å². The van der Waals surface area contributed by atoms with Crippen molar-refractivity contribution in [2.45, 2.75) is 19.3 Å². The first-order valence-electron chi connectivity index (χ1n) is 6.56. The Morgan fingerprint density at radius 3 is 1.95 bits per heavy atom. The molecule has 0 unspecified atom stereocenters. The zero-order valence-electron chi connectivity index (χ0n) is 11.9. The van der Waals surface area contributed by atoms with Gasteiger partial charge >= 0.3 is 0 Å². The Hall–Kier alpha value is -2.35. The molecule has 0 bridgehead atoms. The maximum Gasteiger partial charge on any atom is 0.130 e. The zero-order valence-corrected chi connectivity index (χ0v) is 11.9. The minimum atomic E-state index is -0.555. The van der Waals surface area contributed by atoms with E-state index in [1.54, 1.807) is 0 Å². The number of hydrogen-bond acceptors (Lipinski definition) is 2. The van der Waals surface area contributed by atoms with Gasteiger partial charge in [0, 0.05) is 5.41 Å². The van der Waals surface area contributed by atoms with Crippen LogP contribution in [0.1, 0.15) is 19.4 Å². The van der Waals surface area contributed by atoms with E-state index < -0.39 is 5.41 Å². The van der Waals surface area contributed by atoms with E-state index in [0.717, 1.165) is 11.1 Å². The minimum absolute atomic E-state index is 0.143. The highest BCUT2D eigenvalue weighted by atomic mass is 16.3. The van der Waals surface area contributed by atoms with Gasteiger partial charge in [-0.1, -0.05) is 75.0 Å². The summed E-state index contributed by atoms with van der Waals surface area (Å²) < 4.78 is 0. The molecule has 0 spiro atoms. The van der Waals surface area contributed by atoms with E-state index in [-0.39, 0.29) is 11.5 Å². The average molecular weight is 265 g/mol. The molecule has 0 aromatic heterocycles. The second-order valence-electron chi connectivity index (χ2n) is 5.39. The van der Waals surface area contributed by atoms with E-state index >= 15 is 0 Å². The molecule has 2 rings (SSSR count). The normalized spacial score (nSPS) is 11.1. The average Bonchev–Trinajstić information content (AvgIpc) is 2.47. The van der Waals surface area contributed by atoms with Crippen molar-refractivity contribution in [1.82, 2.24) is 0 Å². The van der Waals surface area contributed by atoms with Gasteiger partial charge < -0.3 is 10.5 Å². The Morgan fingerprint density at radius 2 is 1.45 bits per heavy atom. The van der Waals surface area contributed by atoms with Crippen molar-refractivity contribution in [2.24, 2.45) is 0 Å². The summed E-state index contributed by atoms with van der Waals surface area (Å²) in [5.41, 5.74) is 2.88. The predicted molar refractivity (Wildman–Crippen MR) is 84.4 cm³/mol. The molecular weight excluding hydrogens is 246 g/mol. The molecule has 0 aliphatic carbocycles. The molecule has 0 aliphatic heterocycles. The van der Waals surface area contributed by atoms with E-state index in [9.17, 15) is 5.11 Å². The second-order valence-corrected chi connectivity index (χ2v) is 5.39. The summed E-state index contributed by atoms with van der Waals surface area (Å²) >= 11 is 0. The van der Waals surface area contributed by atoms with Crippen molar-refractivity contribution in [3.8, 4) is 11.1 Å². The summed E-state index contributed by atoms with van der Waals surface area (Å²) in [6, 6.07) is 18.2. The van der Waals surface area contributed by atoms with E-state index in [2.05, 4.69) is 18.7 Å². The molecule has 0 saturated heterocycles. The van der Waals surface area contributed by atoms with Gasteiger partial charge in [-0.2, -0.15) is 0 Å². The van der Waals surface area contributed by atoms with E-state index in [4.69, 9.17) is 5.41 Å². The fraction of sp³-hybridized carbons (Fsp3) is 0.167. The second kappa shape index (κ2) is 5.33. The van der Waals surface area contributed by atoms with Crippen LogP contribution in [0, 0.1) is 5.41 Å². The molecule has 20 heavy (non-hydrogen) atoms. The summed E-state index contributed by atoms with van der Waals surface area (Å²) in [6.45, 7) is 7.26. The first-order chi connectivity index (χ1) is 9.43. The summed E-state index contributed by atoms with van der Waals surface area (Å²) in [7, 11) is 0. The number of hydrogen-bond donors (Lipinski definition) is 2. The Bertz CT molecular complexity index is 624. The number of rotatable bonds is 4. The molecule has 0 amide bonds. The molecule has 0 fully saturated rings. The fourth-order valence-electron chi connectivity index (χ4n) is 2.22. The van der Waals surface area contributed by atoms with Gasteiger partial charge in [0.1, 0.15) is 5.76 Å². The summed E-state index contributed by atoms with van der Waals surface area (Å²) in [4.78, 5) is 0. The van der Waals surface area contributed by atoms with Crippen molar-refractivity contribution in [3.05, 3.63) is 72.5 Å². The van der Waals surface area contributed by atoms with Crippen LogP contribution >= 0.6 is 0 Å². The SMILES string of the molecule is C=C(O)C(=N)C(C)(C)c1ccc(-c2ccccc2)cc1. The first-order valence-corrected chi connectivity index (χ1v) is 6.56. The molecule has 2 aromatic carbocycles. The van der Waals surface area contributed by atoms with Gasteiger partial charge in [-0.15, -0.1) is 0 Å². The topological polar surface area (TPSA) is 44.1 Å². The molecule has 2 aromatic rings. The lowest BCUT2D eigenvalue weighted by molar-refractivity contribution is 0.436. The monoisotopic (exact) mass is 265 g/mol. The van der Waals surface area contributed by atoms with Gasteiger partial charge in [0.2, 0.25) is 0 Å². The van der Waals surface area contributed by atoms with Gasteiger partial charge in [-0.25, -0.2) is 0 Å². The molecule has 2 N–H and O–H groups in total. The van der Waals surface area contributed by atoms with Crippen molar-refractivity contribution in [2.75, 3.05) is 0 Å². The third-order valence-electron chi connectivity index (χ3n) is 3.63. The van der Waals surface area contributed by atoms with E-state index in [1.165, 1.54) is 5.56 Å². The molecule has 0 saturated carbocycles. The standard InChI is InChI=1S/C18H19NO/c1-13(20)17(19)18(2,3)16-11-9-15(10-12-16)14-7-5-4-6-8-14/h4-12,19-20H,1H2,2-3H3. The Morgan fingerprint density at radius 1 is 0.950 bits per heavy atom. The molecule has 102 valence electrons. The molecule has 0 atom stereocenters. The lowest BCUT2D eigenvalue weighted by Gasteiger charge is -2.25. The molecule has 2 heteroatoms. The largest absolute Gasteiger partial charge is 0.507 e. The number of aliphatic hydroxyl groups excluding tert-OH is 1. The van der Waals surface area contributed by atoms with Crippen molar-refractivity contribution in [1.29, 1.82) is 5.41 Å². The Labute approximate surface area is 119 Å². The van der Waals surface area contributed by atoms with Crippen LogP contribution in [0.4, 0.5) is 0 Å². The van der Waals surface area contributed by atoms with Gasteiger partial charge in [-0.3, -0.25) is 0 Å². The highest BCUT2D eigenvalue weighted by molar-refractivity contribution is 6.02. The fourth-order valence-corrected chi connectivity index (χ4v) is 2.22. The van der Waals surface area contributed by atoms with Crippen molar-refractivity contribution in [3.63, 3.8) is 0 Å². The maximum atomic E-state index is 9.43. The Balaban J connectivity index is 2.33. The predicted octanol–water partition coefficient (Wildman–Crippen LogP) is 4.72. The van der Waals surface area contributed by atoms with Crippen LogP contribution in [0.5, 0.6) is 0 Å². The van der Waals surface area contributed by atoms with Gasteiger partial charge in [0.05, 0.1) is 5.71 Å². The lowest BCUT2D eigenvalue weighted by Crippen LogP contribution is -2.29. The van der Waals surface area contributed by atoms with Crippen LogP contribution in [0.25, 0.3) is 11.1 Å². The summed E-state index contributed by atoms with van der Waals surface area (Å²) in [5.74, 6) is -0.179. The van der Waals surface area contributed by atoms with Gasteiger partial charge in [-0.05, 0) is 16.7 Å². The number of nitrogens with one attached hydrogen (secondary N) is 1. The van der Waals surface area contributed by atoms with Gasteiger partial charge in [0.15, 0.2) is 0 Å². The number of benzene rings is 2. The molecule has 2 nitrogen and oxygen atoms in total. The first kappa shape index (κ1) is 14.1. The third kappa shape index (κ3) is 2.64. The zero-order chi connectivity index (χ0) is 14.8. The number of allylic oxidation sites excluding steroid dienone is 1.